The molecule has 18 heavy (non-hydrogen) atoms. The van der Waals surface area contributed by atoms with Gasteiger partial charge in [-0.15, -0.1) is 0 Å². The summed E-state index contributed by atoms with van der Waals surface area (Å²) in [6.45, 7) is 0. The largest absolute Gasteiger partial charge is 0.497 e. The Bertz CT molecular complexity index is 489. The number of Topliss-reactive ketones (excluding diaryl/α,β-unsaturated/α-hetero) is 2. The first-order valence-electron chi connectivity index (χ1n) is 6.41. The normalized spacial score (nSPS) is 30.6. The van der Waals surface area contributed by atoms with Crippen LogP contribution in [0.5, 0.6) is 5.75 Å². The van der Waals surface area contributed by atoms with Gasteiger partial charge >= 0.3 is 0 Å². The maximum atomic E-state index is 12.1. The number of methoxy groups -OCH3 is 1. The number of fused-ring (bicyclic) bond motifs is 2. The molecule has 2 saturated carbocycles. The first kappa shape index (κ1) is 11.5. The predicted octanol–water partition coefficient (Wildman–Crippen LogP) is 2.35. The molecule has 2 fully saturated rings. The van der Waals surface area contributed by atoms with E-state index in [4.69, 9.17) is 4.74 Å². The summed E-state index contributed by atoms with van der Waals surface area (Å²) in [5.41, 5.74) is 1.09. The third kappa shape index (κ3) is 1.65. The lowest BCUT2D eigenvalue weighted by molar-refractivity contribution is -0.136. The SMILES string of the molecule is COc1ccc([C@H]2CC(=O)[C@H]3CC[C@@H]2C3=O)cc1. The van der Waals surface area contributed by atoms with Crippen molar-refractivity contribution in [2.75, 3.05) is 7.11 Å². The first-order valence-corrected chi connectivity index (χ1v) is 6.41. The van der Waals surface area contributed by atoms with E-state index in [1.54, 1.807) is 7.11 Å². The first-order chi connectivity index (χ1) is 8.70. The van der Waals surface area contributed by atoms with Gasteiger partial charge in [-0.25, -0.2) is 0 Å². The van der Waals surface area contributed by atoms with Gasteiger partial charge in [0.2, 0.25) is 0 Å². The summed E-state index contributed by atoms with van der Waals surface area (Å²) >= 11 is 0. The number of hydrogen-bond acceptors (Lipinski definition) is 3. The molecule has 2 aliphatic carbocycles. The Labute approximate surface area is 106 Å². The van der Waals surface area contributed by atoms with E-state index in [1.807, 2.05) is 24.3 Å². The van der Waals surface area contributed by atoms with Gasteiger partial charge in [0.1, 0.15) is 17.3 Å². The summed E-state index contributed by atoms with van der Waals surface area (Å²) in [6, 6.07) is 7.74. The predicted molar refractivity (Wildman–Crippen MR) is 66.6 cm³/mol. The highest BCUT2D eigenvalue weighted by molar-refractivity contribution is 6.07. The zero-order valence-electron chi connectivity index (χ0n) is 10.4. The van der Waals surface area contributed by atoms with E-state index in [0.29, 0.717) is 6.42 Å². The minimum absolute atomic E-state index is 0.0566. The second-order valence-corrected chi connectivity index (χ2v) is 5.19. The minimum Gasteiger partial charge on any atom is -0.497 e. The smallest absolute Gasteiger partial charge is 0.147 e. The molecule has 0 aliphatic heterocycles. The van der Waals surface area contributed by atoms with Gasteiger partial charge in [0.25, 0.3) is 0 Å². The van der Waals surface area contributed by atoms with Crippen molar-refractivity contribution in [2.45, 2.75) is 25.2 Å². The lowest BCUT2D eigenvalue weighted by atomic mass is 9.75. The molecule has 1 aromatic rings. The average molecular weight is 244 g/mol. The lowest BCUT2D eigenvalue weighted by Gasteiger charge is -2.27. The summed E-state index contributed by atoms with van der Waals surface area (Å²) in [5.74, 6) is 0.957. The van der Waals surface area contributed by atoms with Crippen LogP contribution in [0.2, 0.25) is 0 Å². The summed E-state index contributed by atoms with van der Waals surface area (Å²) < 4.78 is 5.13. The van der Waals surface area contributed by atoms with Gasteiger partial charge in [0.05, 0.1) is 13.0 Å². The Kier molecular flexibility index (Phi) is 2.69. The summed E-state index contributed by atoms with van der Waals surface area (Å²) in [4.78, 5) is 24.0. The molecule has 0 amide bonds. The molecule has 0 aromatic heterocycles. The number of carbonyl (C=O) groups is 2. The number of ether oxygens (including phenoxy) is 1. The Morgan fingerprint density at radius 2 is 1.78 bits per heavy atom. The molecule has 3 atom stereocenters. The molecule has 0 radical (unpaired) electrons. The summed E-state index contributed by atoms with van der Waals surface area (Å²) in [7, 11) is 1.63. The van der Waals surface area contributed by atoms with Gasteiger partial charge in [-0.1, -0.05) is 12.1 Å². The van der Waals surface area contributed by atoms with E-state index >= 15 is 0 Å². The Morgan fingerprint density at radius 1 is 1.06 bits per heavy atom. The number of hydrogen-bond donors (Lipinski definition) is 0. The number of benzene rings is 1. The van der Waals surface area contributed by atoms with E-state index < -0.39 is 0 Å². The molecule has 0 heterocycles. The van der Waals surface area contributed by atoms with Crippen molar-refractivity contribution in [3.63, 3.8) is 0 Å². The van der Waals surface area contributed by atoms with Crippen LogP contribution in [-0.4, -0.2) is 18.7 Å². The van der Waals surface area contributed by atoms with Gasteiger partial charge in [0, 0.05) is 18.3 Å². The number of carbonyl (C=O) groups excluding carboxylic acids is 2. The van der Waals surface area contributed by atoms with Crippen LogP contribution in [0.25, 0.3) is 0 Å². The lowest BCUT2D eigenvalue weighted by Crippen LogP contribution is -2.33. The molecule has 0 unspecified atom stereocenters. The van der Waals surface area contributed by atoms with E-state index in [2.05, 4.69) is 0 Å². The summed E-state index contributed by atoms with van der Waals surface area (Å²) in [6.07, 6.45) is 2.15. The molecule has 1 aromatic carbocycles. The third-order valence-corrected chi connectivity index (χ3v) is 4.31. The average Bonchev–Trinajstić information content (AvgIpc) is 2.67. The van der Waals surface area contributed by atoms with Crippen molar-refractivity contribution in [1.29, 1.82) is 0 Å². The van der Waals surface area contributed by atoms with Crippen LogP contribution in [-0.2, 0) is 9.59 Å². The fourth-order valence-corrected chi connectivity index (χ4v) is 3.31. The molecule has 3 heteroatoms. The van der Waals surface area contributed by atoms with Crippen molar-refractivity contribution in [2.24, 2.45) is 11.8 Å². The molecule has 3 rings (SSSR count). The fraction of sp³-hybridized carbons (Fsp3) is 0.467. The molecular weight excluding hydrogens is 228 g/mol. The number of rotatable bonds is 2. The zero-order valence-corrected chi connectivity index (χ0v) is 10.4. The molecule has 2 aliphatic rings. The minimum atomic E-state index is -0.288. The second kappa shape index (κ2) is 4.23. The maximum absolute atomic E-state index is 12.1. The van der Waals surface area contributed by atoms with Gasteiger partial charge in [0.15, 0.2) is 0 Å². The Hall–Kier alpha value is -1.64. The highest BCUT2D eigenvalue weighted by Gasteiger charge is 2.48. The van der Waals surface area contributed by atoms with Crippen LogP contribution in [0.3, 0.4) is 0 Å². The molecule has 0 spiro atoms. The highest BCUT2D eigenvalue weighted by atomic mass is 16.5. The van der Waals surface area contributed by atoms with Crippen molar-refractivity contribution in [1.82, 2.24) is 0 Å². The molecule has 94 valence electrons. The maximum Gasteiger partial charge on any atom is 0.147 e. The van der Waals surface area contributed by atoms with Crippen LogP contribution < -0.4 is 4.74 Å². The molecule has 0 saturated heterocycles. The van der Waals surface area contributed by atoms with E-state index in [1.165, 1.54) is 0 Å². The van der Waals surface area contributed by atoms with Crippen LogP contribution in [0.15, 0.2) is 24.3 Å². The van der Waals surface area contributed by atoms with E-state index in [0.717, 1.165) is 24.2 Å². The van der Waals surface area contributed by atoms with Gasteiger partial charge in [-0.05, 0) is 30.5 Å². The molecule has 0 N–H and O–H groups in total. The van der Waals surface area contributed by atoms with E-state index in [9.17, 15) is 9.59 Å². The van der Waals surface area contributed by atoms with Crippen LogP contribution in [0, 0.1) is 11.8 Å². The van der Waals surface area contributed by atoms with Crippen molar-refractivity contribution >= 4 is 11.6 Å². The van der Waals surface area contributed by atoms with Crippen LogP contribution in [0.4, 0.5) is 0 Å². The molecule has 3 nitrogen and oxygen atoms in total. The Balaban J connectivity index is 1.91. The quantitative estimate of drug-likeness (QED) is 0.750. The van der Waals surface area contributed by atoms with Gasteiger partial charge < -0.3 is 4.74 Å². The van der Waals surface area contributed by atoms with Crippen LogP contribution >= 0.6 is 0 Å². The molecular formula is C15H16O3. The highest BCUT2D eigenvalue weighted by Crippen LogP contribution is 2.45. The third-order valence-electron chi connectivity index (χ3n) is 4.31. The van der Waals surface area contributed by atoms with Gasteiger partial charge in [-0.3, -0.25) is 9.59 Å². The zero-order chi connectivity index (χ0) is 12.7. The van der Waals surface area contributed by atoms with Crippen LogP contribution in [0.1, 0.15) is 30.7 Å². The summed E-state index contributed by atoms with van der Waals surface area (Å²) in [5, 5.41) is 0. The fourth-order valence-electron chi connectivity index (χ4n) is 3.31. The van der Waals surface area contributed by atoms with Crippen molar-refractivity contribution in [3.8, 4) is 5.75 Å². The van der Waals surface area contributed by atoms with E-state index in [-0.39, 0.29) is 29.3 Å². The monoisotopic (exact) mass is 244 g/mol. The second-order valence-electron chi connectivity index (χ2n) is 5.19. The Morgan fingerprint density at radius 3 is 2.44 bits per heavy atom. The van der Waals surface area contributed by atoms with Crippen molar-refractivity contribution in [3.05, 3.63) is 29.8 Å². The van der Waals surface area contributed by atoms with Gasteiger partial charge in [-0.2, -0.15) is 0 Å². The molecule has 2 bridgehead atoms. The van der Waals surface area contributed by atoms with Crippen molar-refractivity contribution < 1.29 is 14.3 Å². The topological polar surface area (TPSA) is 43.4 Å². The standard InChI is InChI=1S/C15H16O3/c1-18-10-4-2-9(3-5-10)13-8-14(16)12-7-6-11(13)15(12)17/h2-5,11-13H,6-8H2,1H3/t11-,12+,13+/m0/s1. The number of ketones is 2.